The molecule has 1 aliphatic rings. The summed E-state index contributed by atoms with van der Waals surface area (Å²) in [6, 6.07) is 3.85. The monoisotopic (exact) mass is 426 g/mol. The Labute approximate surface area is 179 Å². The first-order chi connectivity index (χ1) is 14.4. The zero-order chi connectivity index (χ0) is 21.7. The fourth-order valence-electron chi connectivity index (χ4n) is 3.87. The van der Waals surface area contributed by atoms with Crippen molar-refractivity contribution in [3.8, 4) is 6.07 Å². The number of hydrazine groups is 1. The number of rotatable bonds is 4. The second-order valence-electron chi connectivity index (χ2n) is 7.65. The number of thiophene rings is 1. The minimum atomic E-state index is -0.419. The molecule has 158 valence electrons. The lowest BCUT2D eigenvalue weighted by atomic mass is 9.99. The van der Waals surface area contributed by atoms with Gasteiger partial charge in [-0.3, -0.25) is 25.2 Å². The van der Waals surface area contributed by atoms with Crippen molar-refractivity contribution in [3.05, 3.63) is 54.1 Å². The lowest BCUT2D eigenvalue weighted by Crippen LogP contribution is -2.41. The van der Waals surface area contributed by atoms with E-state index >= 15 is 0 Å². The number of H-pyrrole nitrogens is 1. The molecule has 0 atom stereocenters. The lowest BCUT2D eigenvalue weighted by molar-refractivity contribution is -0.121. The van der Waals surface area contributed by atoms with E-state index in [0.29, 0.717) is 22.6 Å². The Morgan fingerprint density at radius 2 is 1.90 bits per heavy atom. The number of hydrogen-bond acceptors (Lipinski definition) is 5. The number of hydrogen-bond donors (Lipinski definition) is 3. The van der Waals surface area contributed by atoms with Gasteiger partial charge in [-0.2, -0.15) is 5.26 Å². The third-order valence-corrected chi connectivity index (χ3v) is 6.79. The maximum atomic E-state index is 12.5. The predicted molar refractivity (Wildman–Crippen MR) is 115 cm³/mol. The Balaban J connectivity index is 1.57. The van der Waals surface area contributed by atoms with Gasteiger partial charge in [0.2, 0.25) is 5.91 Å². The fourth-order valence-corrected chi connectivity index (χ4v) is 5.01. The van der Waals surface area contributed by atoms with Gasteiger partial charge in [0.25, 0.3) is 11.5 Å². The number of nitriles is 1. The molecular formula is C22H26N4O3S. The highest BCUT2D eigenvalue weighted by Crippen LogP contribution is 2.28. The van der Waals surface area contributed by atoms with Crippen LogP contribution in [-0.2, 0) is 24.1 Å². The van der Waals surface area contributed by atoms with E-state index in [4.69, 9.17) is 5.26 Å². The number of aryl methyl sites for hydroxylation is 3. The standard InChI is InChI=1S/C22H26N4O3S/c1-13-16(14(2)24-21(28)17(13)12-23)9-10-20(27)25-26-22(29)19-11-15-7-5-3-4-6-8-18(15)30-19/h11H,3-10H2,1-2H3,(H,24,28)(H,25,27)(H,26,29). The molecular weight excluding hydrogens is 400 g/mol. The maximum absolute atomic E-state index is 12.5. The summed E-state index contributed by atoms with van der Waals surface area (Å²) >= 11 is 1.51. The van der Waals surface area contributed by atoms with Crippen LogP contribution in [0.4, 0.5) is 0 Å². The van der Waals surface area contributed by atoms with Crippen LogP contribution in [0.15, 0.2) is 10.9 Å². The molecule has 2 amide bonds. The molecule has 0 radical (unpaired) electrons. The van der Waals surface area contributed by atoms with Gasteiger partial charge >= 0.3 is 0 Å². The van der Waals surface area contributed by atoms with Crippen LogP contribution in [0.1, 0.15) is 74.6 Å². The van der Waals surface area contributed by atoms with Gasteiger partial charge in [0.15, 0.2) is 0 Å². The second-order valence-corrected chi connectivity index (χ2v) is 8.78. The Morgan fingerprint density at radius 1 is 1.17 bits per heavy atom. The molecule has 0 aliphatic heterocycles. The number of aromatic nitrogens is 1. The van der Waals surface area contributed by atoms with Crippen LogP contribution in [0.5, 0.6) is 0 Å². The normalized spacial score (nSPS) is 13.5. The van der Waals surface area contributed by atoms with Crippen LogP contribution < -0.4 is 16.4 Å². The third-order valence-electron chi connectivity index (χ3n) is 5.56. The molecule has 2 aromatic rings. The molecule has 7 nitrogen and oxygen atoms in total. The van der Waals surface area contributed by atoms with Crippen molar-refractivity contribution in [1.29, 1.82) is 5.26 Å². The van der Waals surface area contributed by atoms with Crippen molar-refractivity contribution in [1.82, 2.24) is 15.8 Å². The molecule has 0 unspecified atom stereocenters. The summed E-state index contributed by atoms with van der Waals surface area (Å²) in [7, 11) is 0. The molecule has 2 aromatic heterocycles. The number of carbonyl (C=O) groups excluding carboxylic acids is 2. The van der Waals surface area contributed by atoms with Gasteiger partial charge in [0.1, 0.15) is 11.6 Å². The van der Waals surface area contributed by atoms with E-state index in [1.807, 2.05) is 12.1 Å². The average Bonchev–Trinajstić information content (AvgIpc) is 3.08. The summed E-state index contributed by atoms with van der Waals surface area (Å²) in [6.07, 6.45) is 7.28. The van der Waals surface area contributed by atoms with Crippen LogP contribution in [0.25, 0.3) is 0 Å². The third kappa shape index (κ3) is 4.97. The molecule has 0 bridgehead atoms. The Morgan fingerprint density at radius 3 is 2.63 bits per heavy atom. The smallest absolute Gasteiger partial charge is 0.279 e. The first-order valence-electron chi connectivity index (χ1n) is 10.2. The first-order valence-corrected chi connectivity index (χ1v) is 11.1. The molecule has 0 aromatic carbocycles. The number of carbonyl (C=O) groups is 2. The topological polar surface area (TPSA) is 115 Å². The molecule has 3 rings (SSSR count). The maximum Gasteiger partial charge on any atom is 0.279 e. The van der Waals surface area contributed by atoms with E-state index in [9.17, 15) is 14.4 Å². The van der Waals surface area contributed by atoms with Crippen molar-refractivity contribution < 1.29 is 9.59 Å². The SMILES string of the molecule is Cc1[nH]c(=O)c(C#N)c(C)c1CCC(=O)NNC(=O)c1cc2c(s1)CCCCCC2. The molecule has 8 heteroatoms. The Bertz CT molecular complexity index is 1040. The molecule has 2 heterocycles. The van der Waals surface area contributed by atoms with Crippen LogP contribution in [0.2, 0.25) is 0 Å². The summed E-state index contributed by atoms with van der Waals surface area (Å²) in [5, 5.41) is 9.14. The van der Waals surface area contributed by atoms with Gasteiger partial charge < -0.3 is 4.98 Å². The molecule has 1 aliphatic carbocycles. The van der Waals surface area contributed by atoms with E-state index in [1.54, 1.807) is 13.8 Å². The lowest BCUT2D eigenvalue weighted by Gasteiger charge is -2.11. The molecule has 0 fully saturated rings. The Kier molecular flexibility index (Phi) is 7.06. The Hall–Kier alpha value is -2.92. The predicted octanol–water partition coefficient (Wildman–Crippen LogP) is 2.98. The van der Waals surface area contributed by atoms with E-state index in [0.717, 1.165) is 31.2 Å². The van der Waals surface area contributed by atoms with E-state index in [-0.39, 0.29) is 23.8 Å². The minimum absolute atomic E-state index is 0.0672. The van der Waals surface area contributed by atoms with Gasteiger partial charge in [-0.25, -0.2) is 0 Å². The van der Waals surface area contributed by atoms with Gasteiger partial charge in [0, 0.05) is 17.0 Å². The highest BCUT2D eigenvalue weighted by molar-refractivity contribution is 7.14. The van der Waals surface area contributed by atoms with Crippen molar-refractivity contribution in [2.45, 2.75) is 65.2 Å². The van der Waals surface area contributed by atoms with E-state index in [1.165, 1.54) is 34.6 Å². The van der Waals surface area contributed by atoms with Crippen molar-refractivity contribution in [3.63, 3.8) is 0 Å². The van der Waals surface area contributed by atoms with Crippen molar-refractivity contribution in [2.75, 3.05) is 0 Å². The van der Waals surface area contributed by atoms with Crippen molar-refractivity contribution >= 4 is 23.2 Å². The number of pyridine rings is 1. The number of fused-ring (bicyclic) bond motifs is 1. The van der Waals surface area contributed by atoms with Gasteiger partial charge in [-0.05, 0) is 68.7 Å². The number of aromatic amines is 1. The summed E-state index contributed by atoms with van der Waals surface area (Å²) in [4.78, 5) is 41.0. The summed E-state index contributed by atoms with van der Waals surface area (Å²) in [5.41, 5.74) is 7.87. The van der Waals surface area contributed by atoms with Crippen molar-refractivity contribution in [2.24, 2.45) is 0 Å². The van der Waals surface area contributed by atoms with Gasteiger partial charge in [0.05, 0.1) is 4.88 Å². The average molecular weight is 427 g/mol. The molecule has 3 N–H and O–H groups in total. The first kappa shape index (κ1) is 21.8. The summed E-state index contributed by atoms with van der Waals surface area (Å²) < 4.78 is 0. The zero-order valence-corrected chi connectivity index (χ0v) is 18.1. The van der Waals surface area contributed by atoms with Gasteiger partial charge in [-0.1, -0.05) is 12.8 Å². The van der Waals surface area contributed by atoms with Crippen LogP contribution in [-0.4, -0.2) is 16.8 Å². The highest BCUT2D eigenvalue weighted by atomic mass is 32.1. The van der Waals surface area contributed by atoms with E-state index < -0.39 is 5.56 Å². The van der Waals surface area contributed by atoms with Gasteiger partial charge in [-0.15, -0.1) is 11.3 Å². The van der Waals surface area contributed by atoms with Crippen LogP contribution in [0.3, 0.4) is 0 Å². The zero-order valence-electron chi connectivity index (χ0n) is 17.3. The minimum Gasteiger partial charge on any atom is -0.325 e. The largest absolute Gasteiger partial charge is 0.325 e. The number of amides is 2. The second kappa shape index (κ2) is 9.72. The van der Waals surface area contributed by atoms with Crippen LogP contribution in [0, 0.1) is 25.2 Å². The number of nitrogens with zero attached hydrogens (tertiary/aromatic N) is 1. The quantitative estimate of drug-likeness (QED) is 0.652. The van der Waals surface area contributed by atoms with Crippen LogP contribution >= 0.6 is 11.3 Å². The van der Waals surface area contributed by atoms with E-state index in [2.05, 4.69) is 15.8 Å². The highest BCUT2D eigenvalue weighted by Gasteiger charge is 2.17. The molecule has 0 spiro atoms. The summed E-state index contributed by atoms with van der Waals surface area (Å²) in [6.45, 7) is 3.45. The molecule has 30 heavy (non-hydrogen) atoms. The summed E-state index contributed by atoms with van der Waals surface area (Å²) in [5.74, 6) is -0.634. The number of nitrogens with one attached hydrogen (secondary N) is 3. The molecule has 0 saturated heterocycles. The fraction of sp³-hybridized carbons (Fsp3) is 0.455. The molecule has 0 saturated carbocycles.